The predicted molar refractivity (Wildman–Crippen MR) is 78.2 cm³/mol. The van der Waals surface area contributed by atoms with Crippen molar-refractivity contribution in [1.29, 1.82) is 0 Å². The van der Waals surface area contributed by atoms with Crippen molar-refractivity contribution in [2.75, 3.05) is 19.8 Å². The minimum Gasteiger partial charge on any atom is -0.388 e. The summed E-state index contributed by atoms with van der Waals surface area (Å²) in [5.41, 5.74) is 0.249. The monoisotopic (exact) mass is 269 g/mol. The second-order valence-electron chi connectivity index (χ2n) is 8.33. The lowest BCUT2D eigenvalue weighted by atomic mass is 9.63. The maximum Gasteiger partial charge on any atom is 0.0815 e. The van der Waals surface area contributed by atoms with E-state index in [9.17, 15) is 5.11 Å². The number of nitrogens with one attached hydrogen (secondary N) is 1. The van der Waals surface area contributed by atoms with E-state index in [4.69, 9.17) is 4.74 Å². The van der Waals surface area contributed by atoms with Crippen LogP contribution < -0.4 is 5.32 Å². The minimum atomic E-state index is -0.552. The summed E-state index contributed by atoms with van der Waals surface area (Å²) in [4.78, 5) is 0. The quantitative estimate of drug-likeness (QED) is 0.828. The fourth-order valence-corrected chi connectivity index (χ4v) is 4.25. The van der Waals surface area contributed by atoms with Crippen LogP contribution in [-0.2, 0) is 4.74 Å². The molecule has 2 fully saturated rings. The van der Waals surface area contributed by atoms with Crippen LogP contribution in [0.4, 0.5) is 0 Å². The Labute approximate surface area is 118 Å². The van der Waals surface area contributed by atoms with Gasteiger partial charge in [-0.15, -0.1) is 0 Å². The molecule has 0 aromatic rings. The Bertz CT molecular complexity index is 290. The van der Waals surface area contributed by atoms with Gasteiger partial charge in [0.15, 0.2) is 0 Å². The van der Waals surface area contributed by atoms with Crippen LogP contribution in [0.1, 0.15) is 59.8 Å². The first-order chi connectivity index (χ1) is 8.70. The Morgan fingerprint density at radius 2 is 1.58 bits per heavy atom. The van der Waals surface area contributed by atoms with E-state index in [1.807, 2.05) is 0 Å². The van der Waals surface area contributed by atoms with E-state index in [2.05, 4.69) is 33.0 Å². The van der Waals surface area contributed by atoms with Crippen molar-refractivity contribution in [1.82, 2.24) is 5.32 Å². The Hall–Kier alpha value is -0.120. The van der Waals surface area contributed by atoms with Crippen LogP contribution in [0.5, 0.6) is 0 Å². The molecule has 0 aromatic carbocycles. The van der Waals surface area contributed by atoms with Gasteiger partial charge in [0.05, 0.1) is 5.60 Å². The summed E-state index contributed by atoms with van der Waals surface area (Å²) in [5, 5.41) is 14.2. The summed E-state index contributed by atoms with van der Waals surface area (Å²) in [6.07, 6.45) is 5.24. The zero-order valence-corrected chi connectivity index (χ0v) is 13.1. The van der Waals surface area contributed by atoms with E-state index in [1.54, 1.807) is 0 Å². The zero-order valence-electron chi connectivity index (χ0n) is 13.1. The smallest absolute Gasteiger partial charge is 0.0815 e. The standard InChI is InChI=1S/C16H31NO2/c1-14(2)9-13(10-15(3,4)11-14)17-12-16(18)5-7-19-8-6-16/h13,17-18H,5-12H2,1-4H3. The van der Waals surface area contributed by atoms with Crippen molar-refractivity contribution >= 4 is 0 Å². The van der Waals surface area contributed by atoms with Gasteiger partial charge >= 0.3 is 0 Å². The van der Waals surface area contributed by atoms with Gasteiger partial charge in [0.2, 0.25) is 0 Å². The maximum absolute atomic E-state index is 10.5. The number of hydrogen-bond donors (Lipinski definition) is 2. The lowest BCUT2D eigenvalue weighted by Gasteiger charge is -2.46. The van der Waals surface area contributed by atoms with E-state index in [0.717, 1.165) is 12.8 Å². The van der Waals surface area contributed by atoms with E-state index >= 15 is 0 Å². The van der Waals surface area contributed by atoms with Gasteiger partial charge in [-0.3, -0.25) is 0 Å². The summed E-state index contributed by atoms with van der Waals surface area (Å²) in [5.74, 6) is 0. The highest BCUT2D eigenvalue weighted by Crippen LogP contribution is 2.45. The summed E-state index contributed by atoms with van der Waals surface area (Å²) >= 11 is 0. The van der Waals surface area contributed by atoms with Crippen LogP contribution in [0.3, 0.4) is 0 Å². The van der Waals surface area contributed by atoms with Gasteiger partial charge in [-0.05, 0) is 30.1 Å². The molecule has 3 heteroatoms. The molecule has 0 spiro atoms. The molecule has 1 aliphatic carbocycles. The largest absolute Gasteiger partial charge is 0.388 e. The van der Waals surface area contributed by atoms with Crippen molar-refractivity contribution in [2.45, 2.75) is 71.4 Å². The molecule has 1 saturated carbocycles. The Kier molecular flexibility index (Phi) is 4.29. The SMILES string of the molecule is CC1(C)CC(NCC2(O)CCOCC2)CC(C)(C)C1. The highest BCUT2D eigenvalue weighted by molar-refractivity contribution is 4.94. The van der Waals surface area contributed by atoms with Crippen molar-refractivity contribution < 1.29 is 9.84 Å². The molecule has 19 heavy (non-hydrogen) atoms. The van der Waals surface area contributed by atoms with Gasteiger partial charge in [0.25, 0.3) is 0 Å². The van der Waals surface area contributed by atoms with Crippen LogP contribution >= 0.6 is 0 Å². The van der Waals surface area contributed by atoms with E-state index in [-0.39, 0.29) is 0 Å². The van der Waals surface area contributed by atoms with Gasteiger partial charge in [-0.1, -0.05) is 27.7 Å². The van der Waals surface area contributed by atoms with Crippen molar-refractivity contribution in [2.24, 2.45) is 10.8 Å². The molecule has 0 radical (unpaired) electrons. The van der Waals surface area contributed by atoms with Crippen LogP contribution in [0.15, 0.2) is 0 Å². The number of ether oxygens (including phenoxy) is 1. The van der Waals surface area contributed by atoms with E-state index in [1.165, 1.54) is 19.3 Å². The van der Waals surface area contributed by atoms with E-state index < -0.39 is 5.60 Å². The normalized spacial score (nSPS) is 30.2. The fraction of sp³-hybridized carbons (Fsp3) is 1.00. The van der Waals surface area contributed by atoms with Gasteiger partial charge < -0.3 is 15.2 Å². The van der Waals surface area contributed by atoms with Crippen LogP contribution in [0, 0.1) is 10.8 Å². The zero-order chi connectivity index (χ0) is 14.1. The number of rotatable bonds is 3. The third-order valence-corrected chi connectivity index (χ3v) is 4.70. The molecule has 1 aliphatic heterocycles. The van der Waals surface area contributed by atoms with Crippen LogP contribution in [0.25, 0.3) is 0 Å². The highest BCUT2D eigenvalue weighted by Gasteiger charge is 2.39. The minimum absolute atomic E-state index is 0.401. The third kappa shape index (κ3) is 4.44. The number of aliphatic hydroxyl groups is 1. The van der Waals surface area contributed by atoms with E-state index in [0.29, 0.717) is 36.6 Å². The molecule has 3 nitrogen and oxygen atoms in total. The highest BCUT2D eigenvalue weighted by atomic mass is 16.5. The molecule has 0 bridgehead atoms. The van der Waals surface area contributed by atoms with Gasteiger partial charge in [-0.25, -0.2) is 0 Å². The second-order valence-corrected chi connectivity index (χ2v) is 8.33. The Morgan fingerprint density at radius 3 is 2.11 bits per heavy atom. The topological polar surface area (TPSA) is 41.5 Å². The van der Waals surface area contributed by atoms with Crippen molar-refractivity contribution in [3.8, 4) is 0 Å². The molecule has 0 amide bonds. The first-order valence-corrected chi connectivity index (χ1v) is 7.73. The van der Waals surface area contributed by atoms with Crippen molar-refractivity contribution in [3.63, 3.8) is 0 Å². The predicted octanol–water partition coefficient (Wildman–Crippen LogP) is 2.72. The first-order valence-electron chi connectivity index (χ1n) is 7.73. The Morgan fingerprint density at radius 1 is 1.05 bits per heavy atom. The second kappa shape index (κ2) is 5.34. The molecule has 0 unspecified atom stereocenters. The molecule has 2 aliphatic rings. The number of hydrogen-bond acceptors (Lipinski definition) is 3. The summed E-state index contributed by atoms with van der Waals surface area (Å²) in [6.45, 7) is 11.6. The molecular formula is C16H31NO2. The third-order valence-electron chi connectivity index (χ3n) is 4.70. The molecule has 0 atom stereocenters. The lowest BCUT2D eigenvalue weighted by Crippen LogP contribution is -2.51. The molecule has 0 aromatic heterocycles. The fourth-order valence-electron chi connectivity index (χ4n) is 4.25. The van der Waals surface area contributed by atoms with Crippen molar-refractivity contribution in [3.05, 3.63) is 0 Å². The molecule has 2 rings (SSSR count). The summed E-state index contributed by atoms with van der Waals surface area (Å²) in [7, 11) is 0. The van der Waals surface area contributed by atoms with Crippen LogP contribution in [0.2, 0.25) is 0 Å². The average molecular weight is 269 g/mol. The average Bonchev–Trinajstić information content (AvgIpc) is 2.23. The molecule has 112 valence electrons. The van der Waals surface area contributed by atoms with Crippen LogP contribution in [-0.4, -0.2) is 36.5 Å². The van der Waals surface area contributed by atoms with Gasteiger partial charge in [-0.2, -0.15) is 0 Å². The maximum atomic E-state index is 10.5. The summed E-state index contributed by atoms with van der Waals surface area (Å²) < 4.78 is 5.34. The van der Waals surface area contributed by atoms with Gasteiger partial charge in [0.1, 0.15) is 0 Å². The van der Waals surface area contributed by atoms with Gasteiger partial charge in [0, 0.05) is 38.6 Å². The molecule has 2 N–H and O–H groups in total. The molecule has 1 heterocycles. The summed E-state index contributed by atoms with van der Waals surface area (Å²) in [6, 6.07) is 0.533. The molecular weight excluding hydrogens is 238 g/mol. The molecule has 1 saturated heterocycles. The lowest BCUT2D eigenvalue weighted by molar-refractivity contribution is -0.0652. The first kappa shape index (κ1) is 15.3. The Balaban J connectivity index is 1.88.